The number of hydrogen-bond acceptors (Lipinski definition) is 4. The van der Waals surface area contributed by atoms with Crippen molar-refractivity contribution in [1.82, 2.24) is 4.57 Å². The Morgan fingerprint density at radius 1 is 0.969 bits per heavy atom. The van der Waals surface area contributed by atoms with E-state index in [4.69, 9.17) is 9.47 Å². The number of benzene rings is 2. The van der Waals surface area contributed by atoms with Crippen LogP contribution in [-0.2, 0) is 28.7 Å². The number of amides is 1. The SMILES string of the molecule is COCCc1ccc(Oc2ccc(NC(=O)Cn3cc(C(F)(F)F)ccc3=O)cc2)cc1. The van der Waals surface area contributed by atoms with Crippen molar-refractivity contribution < 1.29 is 27.4 Å². The molecule has 1 heterocycles. The number of alkyl halides is 3. The van der Waals surface area contributed by atoms with Gasteiger partial charge in [-0.3, -0.25) is 9.59 Å². The quantitative estimate of drug-likeness (QED) is 0.554. The molecule has 0 spiro atoms. The average molecular weight is 446 g/mol. The second-order valence-corrected chi connectivity index (χ2v) is 6.94. The molecule has 3 rings (SSSR count). The van der Waals surface area contributed by atoms with Gasteiger partial charge in [0.15, 0.2) is 0 Å². The van der Waals surface area contributed by atoms with Gasteiger partial charge in [0.1, 0.15) is 18.0 Å². The molecule has 0 radical (unpaired) electrons. The Morgan fingerprint density at radius 3 is 2.19 bits per heavy atom. The smallest absolute Gasteiger partial charge is 0.417 e. The number of carbonyl (C=O) groups excluding carboxylic acids is 1. The number of methoxy groups -OCH3 is 1. The summed E-state index contributed by atoms with van der Waals surface area (Å²) in [6.45, 7) is 0.0895. The number of nitrogens with one attached hydrogen (secondary N) is 1. The minimum atomic E-state index is -4.61. The lowest BCUT2D eigenvalue weighted by atomic mass is 10.1. The summed E-state index contributed by atoms with van der Waals surface area (Å²) in [5.41, 5.74) is -0.169. The van der Waals surface area contributed by atoms with Crippen LogP contribution in [0.5, 0.6) is 11.5 Å². The fraction of sp³-hybridized carbons (Fsp3) is 0.217. The van der Waals surface area contributed by atoms with E-state index < -0.39 is 29.8 Å². The third kappa shape index (κ3) is 6.45. The van der Waals surface area contributed by atoms with Crippen LogP contribution in [0.15, 0.2) is 71.7 Å². The third-order valence-corrected chi connectivity index (χ3v) is 4.52. The van der Waals surface area contributed by atoms with E-state index in [9.17, 15) is 22.8 Å². The van der Waals surface area contributed by atoms with E-state index in [2.05, 4.69) is 5.32 Å². The molecule has 1 amide bonds. The molecule has 0 aliphatic carbocycles. The van der Waals surface area contributed by atoms with Crippen LogP contribution in [0, 0.1) is 0 Å². The van der Waals surface area contributed by atoms with Crippen LogP contribution in [0.4, 0.5) is 18.9 Å². The monoisotopic (exact) mass is 446 g/mol. The number of hydrogen-bond donors (Lipinski definition) is 1. The van der Waals surface area contributed by atoms with Crippen molar-refractivity contribution in [2.24, 2.45) is 0 Å². The number of rotatable bonds is 8. The standard InChI is InChI=1S/C23H21F3N2O4/c1-31-13-12-16-2-7-19(8-3-16)32-20-9-5-18(6-10-20)27-21(29)15-28-14-17(23(24,25)26)4-11-22(28)30/h2-11,14H,12-13,15H2,1H3,(H,27,29). The van der Waals surface area contributed by atoms with Gasteiger partial charge in [0.2, 0.25) is 5.91 Å². The van der Waals surface area contributed by atoms with Crippen LogP contribution in [0.1, 0.15) is 11.1 Å². The number of anilines is 1. The lowest BCUT2D eigenvalue weighted by Gasteiger charge is -2.11. The van der Waals surface area contributed by atoms with Gasteiger partial charge < -0.3 is 19.4 Å². The number of nitrogens with zero attached hydrogens (tertiary/aromatic N) is 1. The van der Waals surface area contributed by atoms with Gasteiger partial charge in [-0.05, 0) is 54.4 Å². The molecule has 2 aromatic carbocycles. The molecule has 0 bridgehead atoms. The van der Waals surface area contributed by atoms with Crippen molar-refractivity contribution in [3.05, 3.63) is 88.3 Å². The van der Waals surface area contributed by atoms with Crippen molar-refractivity contribution in [3.63, 3.8) is 0 Å². The molecule has 0 saturated carbocycles. The van der Waals surface area contributed by atoms with E-state index in [0.717, 1.165) is 18.1 Å². The second-order valence-electron chi connectivity index (χ2n) is 6.94. The topological polar surface area (TPSA) is 69.6 Å². The Kier molecular flexibility index (Phi) is 7.32. The van der Waals surface area contributed by atoms with E-state index in [-0.39, 0.29) is 0 Å². The molecule has 3 aromatic rings. The fourth-order valence-corrected chi connectivity index (χ4v) is 2.86. The largest absolute Gasteiger partial charge is 0.457 e. The zero-order chi connectivity index (χ0) is 23.1. The molecule has 1 N–H and O–H groups in total. The molecular weight excluding hydrogens is 425 g/mol. The molecule has 168 valence electrons. The van der Waals surface area contributed by atoms with Crippen LogP contribution in [0.3, 0.4) is 0 Å². The first-order valence-electron chi connectivity index (χ1n) is 9.68. The number of carbonyl (C=O) groups is 1. The Morgan fingerprint density at radius 2 is 1.59 bits per heavy atom. The van der Waals surface area contributed by atoms with E-state index >= 15 is 0 Å². The highest BCUT2D eigenvalue weighted by atomic mass is 19.4. The van der Waals surface area contributed by atoms with Gasteiger partial charge in [-0.25, -0.2) is 0 Å². The summed E-state index contributed by atoms with van der Waals surface area (Å²) in [7, 11) is 1.65. The molecule has 32 heavy (non-hydrogen) atoms. The minimum Gasteiger partial charge on any atom is -0.457 e. The van der Waals surface area contributed by atoms with Gasteiger partial charge in [0.05, 0.1) is 12.2 Å². The van der Waals surface area contributed by atoms with Crippen molar-refractivity contribution >= 4 is 11.6 Å². The highest BCUT2D eigenvalue weighted by Gasteiger charge is 2.31. The minimum absolute atomic E-state index is 0.414. The first-order valence-corrected chi connectivity index (χ1v) is 9.68. The maximum absolute atomic E-state index is 12.8. The normalized spacial score (nSPS) is 11.2. The number of halogens is 3. The average Bonchev–Trinajstić information content (AvgIpc) is 2.75. The first-order chi connectivity index (χ1) is 15.2. The molecule has 0 aliphatic rings. The number of ether oxygens (including phenoxy) is 2. The van der Waals surface area contributed by atoms with Gasteiger partial charge in [-0.15, -0.1) is 0 Å². The lowest BCUT2D eigenvalue weighted by molar-refractivity contribution is -0.138. The van der Waals surface area contributed by atoms with Gasteiger partial charge in [-0.1, -0.05) is 12.1 Å². The van der Waals surface area contributed by atoms with Crippen LogP contribution >= 0.6 is 0 Å². The van der Waals surface area contributed by atoms with E-state index in [1.807, 2.05) is 24.3 Å². The van der Waals surface area contributed by atoms with E-state index in [0.29, 0.717) is 40.6 Å². The molecule has 0 atom stereocenters. The Hall–Kier alpha value is -3.59. The summed E-state index contributed by atoms with van der Waals surface area (Å²) < 4.78 is 50.0. The zero-order valence-electron chi connectivity index (χ0n) is 17.2. The van der Waals surface area contributed by atoms with Crippen LogP contribution in [0.25, 0.3) is 0 Å². The predicted octanol–water partition coefficient (Wildman–Crippen LogP) is 4.49. The molecular formula is C23H21F3N2O4. The maximum Gasteiger partial charge on any atom is 0.417 e. The Labute approximate surface area is 182 Å². The first kappa shape index (κ1) is 23.1. The summed E-state index contributed by atoms with van der Waals surface area (Å²) in [5.74, 6) is 0.556. The summed E-state index contributed by atoms with van der Waals surface area (Å²) in [4.78, 5) is 24.0. The van der Waals surface area contributed by atoms with Crippen LogP contribution < -0.4 is 15.6 Å². The summed E-state index contributed by atoms with van der Waals surface area (Å²) in [6.07, 6.45) is -3.18. The number of pyridine rings is 1. The van der Waals surface area contributed by atoms with Crippen molar-refractivity contribution in [2.45, 2.75) is 19.1 Å². The van der Waals surface area contributed by atoms with Crippen molar-refractivity contribution in [2.75, 3.05) is 19.0 Å². The molecule has 9 heteroatoms. The Balaban J connectivity index is 1.59. The van der Waals surface area contributed by atoms with Gasteiger partial charge in [-0.2, -0.15) is 13.2 Å². The maximum atomic E-state index is 12.8. The predicted molar refractivity (Wildman–Crippen MR) is 113 cm³/mol. The number of aromatic nitrogens is 1. The highest BCUT2D eigenvalue weighted by molar-refractivity contribution is 5.90. The van der Waals surface area contributed by atoms with E-state index in [1.165, 1.54) is 0 Å². The van der Waals surface area contributed by atoms with Crippen LogP contribution in [0.2, 0.25) is 0 Å². The molecule has 1 aromatic heterocycles. The second kappa shape index (κ2) is 10.1. The van der Waals surface area contributed by atoms with Gasteiger partial charge >= 0.3 is 6.18 Å². The molecule has 0 saturated heterocycles. The summed E-state index contributed by atoms with van der Waals surface area (Å²) >= 11 is 0. The molecule has 0 fully saturated rings. The van der Waals surface area contributed by atoms with E-state index in [1.54, 1.807) is 31.4 Å². The summed E-state index contributed by atoms with van der Waals surface area (Å²) in [5, 5.41) is 2.55. The van der Waals surface area contributed by atoms with Crippen molar-refractivity contribution in [1.29, 1.82) is 0 Å². The fourth-order valence-electron chi connectivity index (χ4n) is 2.86. The zero-order valence-corrected chi connectivity index (χ0v) is 17.2. The molecule has 6 nitrogen and oxygen atoms in total. The van der Waals surface area contributed by atoms with Gasteiger partial charge in [0.25, 0.3) is 5.56 Å². The highest BCUT2D eigenvalue weighted by Crippen LogP contribution is 2.28. The van der Waals surface area contributed by atoms with Crippen LogP contribution in [-0.4, -0.2) is 24.2 Å². The molecule has 0 unspecified atom stereocenters. The van der Waals surface area contributed by atoms with Crippen molar-refractivity contribution in [3.8, 4) is 11.5 Å². The third-order valence-electron chi connectivity index (χ3n) is 4.52. The Bertz CT molecular complexity index is 1110. The summed E-state index contributed by atoms with van der Waals surface area (Å²) in [6, 6.07) is 15.5. The van der Waals surface area contributed by atoms with Gasteiger partial charge in [0, 0.05) is 25.1 Å². The lowest BCUT2D eigenvalue weighted by Crippen LogP contribution is -2.28. The molecule has 0 aliphatic heterocycles.